The largest absolute Gasteiger partial charge is 0.466 e. The van der Waals surface area contributed by atoms with E-state index in [1.807, 2.05) is 12.3 Å². The average molecular weight is 310 g/mol. The van der Waals surface area contributed by atoms with Gasteiger partial charge >= 0.3 is 5.97 Å². The Balaban J connectivity index is 1.83. The lowest BCUT2D eigenvalue weighted by molar-refractivity contribution is -0.143. The van der Waals surface area contributed by atoms with Gasteiger partial charge in [-0.25, -0.2) is 4.98 Å². The number of esters is 1. The number of carbonyl (C=O) groups is 1. The van der Waals surface area contributed by atoms with E-state index in [0.29, 0.717) is 31.4 Å². The van der Waals surface area contributed by atoms with Gasteiger partial charge < -0.3 is 10.1 Å². The Kier molecular flexibility index (Phi) is 6.49. The molecule has 5 heteroatoms. The number of rotatable bonds is 6. The van der Waals surface area contributed by atoms with Crippen LogP contribution in [0.25, 0.3) is 0 Å². The molecule has 0 bridgehead atoms. The lowest BCUT2D eigenvalue weighted by Crippen LogP contribution is -2.26. The van der Waals surface area contributed by atoms with Gasteiger partial charge in [-0.3, -0.25) is 4.79 Å². The van der Waals surface area contributed by atoms with E-state index < -0.39 is 0 Å². The third-order valence-corrected chi connectivity index (χ3v) is 4.94. The molecule has 0 amide bonds. The van der Waals surface area contributed by atoms with Crippen LogP contribution in [0.5, 0.6) is 0 Å². The van der Waals surface area contributed by atoms with Crippen LogP contribution in [0.2, 0.25) is 0 Å². The first-order valence-corrected chi connectivity index (χ1v) is 8.93. The summed E-state index contributed by atoms with van der Waals surface area (Å²) in [4.78, 5) is 16.0. The van der Waals surface area contributed by atoms with E-state index in [2.05, 4.69) is 17.2 Å². The summed E-state index contributed by atoms with van der Waals surface area (Å²) < 4.78 is 4.94. The summed E-state index contributed by atoms with van der Waals surface area (Å²) in [5.74, 6) is 0.566. The molecule has 0 saturated heterocycles. The molecule has 2 unspecified atom stereocenters. The molecule has 1 N–H and O–H groups in total. The highest BCUT2D eigenvalue weighted by molar-refractivity contribution is 7.13. The first kappa shape index (κ1) is 16.3. The maximum Gasteiger partial charge on any atom is 0.306 e. The Morgan fingerprint density at radius 2 is 2.24 bits per heavy atom. The lowest BCUT2D eigenvalue weighted by atomic mass is 9.97. The van der Waals surface area contributed by atoms with Gasteiger partial charge in [-0.05, 0) is 25.7 Å². The number of aryl methyl sites for hydroxylation is 1. The second-order valence-electron chi connectivity index (χ2n) is 5.82. The minimum absolute atomic E-state index is 0.141. The van der Waals surface area contributed by atoms with Crippen molar-refractivity contribution >= 4 is 22.4 Å². The van der Waals surface area contributed by atoms with Crippen molar-refractivity contribution in [1.82, 2.24) is 4.98 Å². The van der Waals surface area contributed by atoms with Crippen molar-refractivity contribution in [3.63, 3.8) is 0 Å². The van der Waals surface area contributed by atoms with Gasteiger partial charge in [0.15, 0.2) is 5.13 Å². The maximum absolute atomic E-state index is 11.4. The smallest absolute Gasteiger partial charge is 0.306 e. The first-order valence-electron chi connectivity index (χ1n) is 8.05. The van der Waals surface area contributed by atoms with Crippen molar-refractivity contribution in [1.29, 1.82) is 0 Å². The average Bonchev–Trinajstić information content (AvgIpc) is 2.81. The topological polar surface area (TPSA) is 51.2 Å². The molecule has 1 aromatic heterocycles. The summed E-state index contributed by atoms with van der Waals surface area (Å²) in [5.41, 5.74) is 0.983. The van der Waals surface area contributed by atoms with E-state index in [-0.39, 0.29) is 5.97 Å². The zero-order valence-electron chi connectivity index (χ0n) is 13.1. The summed E-state index contributed by atoms with van der Waals surface area (Å²) in [5, 5.41) is 6.63. The highest BCUT2D eigenvalue weighted by Crippen LogP contribution is 2.27. The predicted molar refractivity (Wildman–Crippen MR) is 86.7 cm³/mol. The number of thiazole rings is 1. The van der Waals surface area contributed by atoms with Crippen molar-refractivity contribution in [2.24, 2.45) is 5.92 Å². The van der Waals surface area contributed by atoms with Gasteiger partial charge in [0, 0.05) is 17.8 Å². The van der Waals surface area contributed by atoms with Crippen LogP contribution in [0.15, 0.2) is 5.38 Å². The Hall–Kier alpha value is -1.10. The standard InChI is InChI=1S/C16H26N2O2S/c1-3-20-15(19)10-9-13-11-21-16(17-13)18-14-8-6-4-5-7-12(14)2/h11-12,14H,3-10H2,1-2H3,(H,17,18). The Morgan fingerprint density at radius 3 is 3.05 bits per heavy atom. The molecule has 118 valence electrons. The Morgan fingerprint density at radius 1 is 1.43 bits per heavy atom. The molecule has 0 spiro atoms. The number of nitrogens with zero attached hydrogens (tertiary/aromatic N) is 1. The van der Waals surface area contributed by atoms with Gasteiger partial charge in [-0.1, -0.05) is 26.2 Å². The van der Waals surface area contributed by atoms with Crippen molar-refractivity contribution in [3.05, 3.63) is 11.1 Å². The molecule has 1 aliphatic carbocycles. The Labute approximate surface area is 131 Å². The van der Waals surface area contributed by atoms with Crippen LogP contribution in [0.4, 0.5) is 5.13 Å². The number of aromatic nitrogens is 1. The van der Waals surface area contributed by atoms with E-state index in [0.717, 1.165) is 10.8 Å². The van der Waals surface area contributed by atoms with Gasteiger partial charge in [0.25, 0.3) is 0 Å². The van der Waals surface area contributed by atoms with Crippen molar-refractivity contribution in [2.75, 3.05) is 11.9 Å². The monoisotopic (exact) mass is 310 g/mol. The van der Waals surface area contributed by atoms with Crippen LogP contribution in [-0.4, -0.2) is 23.6 Å². The minimum atomic E-state index is -0.141. The molecule has 2 rings (SSSR count). The Bertz CT molecular complexity index is 447. The minimum Gasteiger partial charge on any atom is -0.466 e. The molecule has 2 atom stereocenters. The number of carbonyl (C=O) groups excluding carboxylic acids is 1. The first-order chi connectivity index (χ1) is 10.2. The van der Waals surface area contributed by atoms with Crippen LogP contribution < -0.4 is 5.32 Å². The van der Waals surface area contributed by atoms with Crippen molar-refractivity contribution in [2.45, 2.75) is 64.8 Å². The molecule has 1 saturated carbocycles. The van der Waals surface area contributed by atoms with Crippen LogP contribution in [0.3, 0.4) is 0 Å². The highest BCUT2D eigenvalue weighted by atomic mass is 32.1. The summed E-state index contributed by atoms with van der Waals surface area (Å²) >= 11 is 1.64. The number of ether oxygens (including phenoxy) is 1. The molecule has 21 heavy (non-hydrogen) atoms. The quantitative estimate of drug-likeness (QED) is 0.637. The molecule has 1 heterocycles. The fourth-order valence-corrected chi connectivity index (χ4v) is 3.63. The van der Waals surface area contributed by atoms with Gasteiger partial charge in [0.2, 0.25) is 0 Å². The third kappa shape index (κ3) is 5.30. The van der Waals surface area contributed by atoms with Crippen LogP contribution in [-0.2, 0) is 16.0 Å². The van der Waals surface area contributed by atoms with E-state index >= 15 is 0 Å². The van der Waals surface area contributed by atoms with Gasteiger partial charge in [0.05, 0.1) is 18.7 Å². The molecular weight excluding hydrogens is 284 g/mol. The summed E-state index contributed by atoms with van der Waals surface area (Å²) in [6.45, 7) is 4.61. The maximum atomic E-state index is 11.4. The van der Waals surface area contributed by atoms with E-state index in [4.69, 9.17) is 4.74 Å². The van der Waals surface area contributed by atoms with E-state index in [1.54, 1.807) is 11.3 Å². The molecule has 0 radical (unpaired) electrons. The van der Waals surface area contributed by atoms with Gasteiger partial charge in [-0.15, -0.1) is 11.3 Å². The van der Waals surface area contributed by atoms with E-state index in [9.17, 15) is 4.79 Å². The van der Waals surface area contributed by atoms with Crippen LogP contribution in [0.1, 0.15) is 58.1 Å². The molecule has 0 aliphatic heterocycles. The number of anilines is 1. The summed E-state index contributed by atoms with van der Waals surface area (Å²) in [6, 6.07) is 0.538. The van der Waals surface area contributed by atoms with Crippen molar-refractivity contribution < 1.29 is 9.53 Å². The number of hydrogen-bond acceptors (Lipinski definition) is 5. The normalized spacial score (nSPS) is 22.6. The molecule has 1 aromatic rings. The highest BCUT2D eigenvalue weighted by Gasteiger charge is 2.20. The van der Waals surface area contributed by atoms with Crippen LogP contribution >= 0.6 is 11.3 Å². The summed E-state index contributed by atoms with van der Waals surface area (Å²) in [6.07, 6.45) is 7.63. The fraction of sp³-hybridized carbons (Fsp3) is 0.750. The predicted octanol–water partition coefficient (Wildman–Crippen LogP) is 4.02. The second kappa shape index (κ2) is 8.37. The molecule has 0 aromatic carbocycles. The second-order valence-corrected chi connectivity index (χ2v) is 6.67. The fourth-order valence-electron chi connectivity index (χ4n) is 2.82. The van der Waals surface area contributed by atoms with Gasteiger partial charge in [-0.2, -0.15) is 0 Å². The molecular formula is C16H26N2O2S. The lowest BCUT2D eigenvalue weighted by Gasteiger charge is -2.22. The molecule has 1 aliphatic rings. The zero-order chi connectivity index (χ0) is 15.1. The van der Waals surface area contributed by atoms with Crippen LogP contribution in [0, 0.1) is 5.92 Å². The number of nitrogens with one attached hydrogen (secondary N) is 1. The molecule has 4 nitrogen and oxygen atoms in total. The molecule has 1 fully saturated rings. The van der Waals surface area contributed by atoms with Gasteiger partial charge in [0.1, 0.15) is 0 Å². The SMILES string of the molecule is CCOC(=O)CCc1csc(NC2CCCCCC2C)n1. The van der Waals surface area contributed by atoms with E-state index in [1.165, 1.54) is 32.1 Å². The zero-order valence-corrected chi connectivity index (χ0v) is 13.9. The third-order valence-electron chi connectivity index (χ3n) is 4.11. The van der Waals surface area contributed by atoms with Crippen molar-refractivity contribution in [3.8, 4) is 0 Å². The number of hydrogen-bond donors (Lipinski definition) is 1. The summed E-state index contributed by atoms with van der Waals surface area (Å²) in [7, 11) is 0.